The zero-order chi connectivity index (χ0) is 17.8. The van der Waals surface area contributed by atoms with E-state index in [2.05, 4.69) is 22.2 Å². The SMILES string of the molecule is CCC(=O)Nc1ccc(-n2cnc(C(=O)N3CCC(C)CC3)c2)nc1. The first-order chi connectivity index (χ1) is 12.1. The lowest BCUT2D eigenvalue weighted by Crippen LogP contribution is -2.38. The molecule has 7 heteroatoms. The van der Waals surface area contributed by atoms with Gasteiger partial charge in [-0.25, -0.2) is 9.97 Å². The average molecular weight is 341 g/mol. The fourth-order valence-corrected chi connectivity index (χ4v) is 2.79. The number of imidazole rings is 1. The van der Waals surface area contributed by atoms with Gasteiger partial charge in [0.15, 0.2) is 0 Å². The van der Waals surface area contributed by atoms with Gasteiger partial charge in [-0.3, -0.25) is 14.2 Å². The summed E-state index contributed by atoms with van der Waals surface area (Å²) in [5.41, 5.74) is 1.08. The van der Waals surface area contributed by atoms with Gasteiger partial charge in [-0.05, 0) is 30.9 Å². The van der Waals surface area contributed by atoms with Gasteiger partial charge in [0.05, 0.1) is 11.9 Å². The molecule has 1 aliphatic rings. The number of hydrogen-bond acceptors (Lipinski definition) is 4. The predicted octanol–water partition coefficient (Wildman–Crippen LogP) is 2.49. The summed E-state index contributed by atoms with van der Waals surface area (Å²) in [5, 5.41) is 2.75. The van der Waals surface area contributed by atoms with Crippen molar-refractivity contribution in [1.82, 2.24) is 19.4 Å². The first kappa shape index (κ1) is 17.1. The Hall–Kier alpha value is -2.70. The van der Waals surface area contributed by atoms with Gasteiger partial charge in [0.25, 0.3) is 5.91 Å². The number of carbonyl (C=O) groups is 2. The number of amides is 2. The lowest BCUT2D eigenvalue weighted by molar-refractivity contribution is -0.115. The molecule has 3 heterocycles. The molecule has 2 aromatic heterocycles. The molecule has 1 saturated heterocycles. The van der Waals surface area contributed by atoms with E-state index in [-0.39, 0.29) is 11.8 Å². The van der Waals surface area contributed by atoms with E-state index in [4.69, 9.17) is 0 Å². The topological polar surface area (TPSA) is 80.1 Å². The van der Waals surface area contributed by atoms with Crippen LogP contribution in [0.5, 0.6) is 0 Å². The second-order valence-corrected chi connectivity index (χ2v) is 6.45. The molecule has 0 spiro atoms. The van der Waals surface area contributed by atoms with E-state index in [1.165, 1.54) is 0 Å². The molecule has 1 aliphatic heterocycles. The maximum absolute atomic E-state index is 12.5. The Morgan fingerprint density at radius 1 is 1.24 bits per heavy atom. The minimum absolute atomic E-state index is 0.0301. The Balaban J connectivity index is 1.68. The molecule has 132 valence electrons. The fraction of sp³-hybridized carbons (Fsp3) is 0.444. The maximum Gasteiger partial charge on any atom is 0.274 e. The predicted molar refractivity (Wildman–Crippen MR) is 94.6 cm³/mol. The van der Waals surface area contributed by atoms with Crippen LogP contribution in [0.25, 0.3) is 5.82 Å². The van der Waals surface area contributed by atoms with Crippen molar-refractivity contribution in [3.8, 4) is 5.82 Å². The van der Waals surface area contributed by atoms with Gasteiger partial charge in [-0.1, -0.05) is 13.8 Å². The molecule has 0 unspecified atom stereocenters. The summed E-state index contributed by atoms with van der Waals surface area (Å²) in [6.07, 6.45) is 7.39. The summed E-state index contributed by atoms with van der Waals surface area (Å²) in [6, 6.07) is 3.56. The van der Waals surface area contributed by atoms with Crippen molar-refractivity contribution in [2.24, 2.45) is 5.92 Å². The second-order valence-electron chi connectivity index (χ2n) is 6.45. The first-order valence-corrected chi connectivity index (χ1v) is 8.66. The van der Waals surface area contributed by atoms with E-state index in [0.29, 0.717) is 29.5 Å². The number of aromatic nitrogens is 3. The van der Waals surface area contributed by atoms with Crippen LogP contribution in [0.4, 0.5) is 5.69 Å². The van der Waals surface area contributed by atoms with Gasteiger partial charge in [0.2, 0.25) is 5.91 Å². The highest BCUT2D eigenvalue weighted by molar-refractivity contribution is 5.92. The lowest BCUT2D eigenvalue weighted by atomic mass is 9.99. The number of rotatable bonds is 4. The number of piperidine rings is 1. The first-order valence-electron chi connectivity index (χ1n) is 8.66. The van der Waals surface area contributed by atoms with Crippen molar-refractivity contribution >= 4 is 17.5 Å². The molecule has 1 N–H and O–H groups in total. The third-order valence-electron chi connectivity index (χ3n) is 4.49. The van der Waals surface area contributed by atoms with Gasteiger partial charge in [-0.15, -0.1) is 0 Å². The number of anilines is 1. The molecule has 0 aliphatic carbocycles. The molecular weight excluding hydrogens is 318 g/mol. The van der Waals surface area contributed by atoms with Crippen molar-refractivity contribution in [1.29, 1.82) is 0 Å². The Morgan fingerprint density at radius 3 is 2.64 bits per heavy atom. The Labute approximate surface area is 147 Å². The van der Waals surface area contributed by atoms with Crippen LogP contribution >= 0.6 is 0 Å². The zero-order valence-electron chi connectivity index (χ0n) is 14.6. The molecule has 7 nitrogen and oxygen atoms in total. The van der Waals surface area contributed by atoms with Gasteiger partial charge in [-0.2, -0.15) is 0 Å². The number of carbonyl (C=O) groups excluding carboxylic acids is 2. The Kier molecular flexibility index (Phi) is 5.11. The highest BCUT2D eigenvalue weighted by atomic mass is 16.2. The molecule has 0 aromatic carbocycles. The van der Waals surface area contributed by atoms with E-state index in [0.717, 1.165) is 25.9 Å². The minimum Gasteiger partial charge on any atom is -0.337 e. The van der Waals surface area contributed by atoms with E-state index in [1.54, 1.807) is 42.3 Å². The van der Waals surface area contributed by atoms with Crippen molar-refractivity contribution in [2.75, 3.05) is 18.4 Å². The van der Waals surface area contributed by atoms with Gasteiger partial charge in [0.1, 0.15) is 17.8 Å². The van der Waals surface area contributed by atoms with E-state index >= 15 is 0 Å². The monoisotopic (exact) mass is 341 g/mol. The van der Waals surface area contributed by atoms with Crippen molar-refractivity contribution < 1.29 is 9.59 Å². The van der Waals surface area contributed by atoms with Gasteiger partial charge < -0.3 is 10.2 Å². The van der Waals surface area contributed by atoms with Gasteiger partial charge >= 0.3 is 0 Å². The smallest absolute Gasteiger partial charge is 0.274 e. The quantitative estimate of drug-likeness (QED) is 0.926. The minimum atomic E-state index is -0.0547. The molecule has 25 heavy (non-hydrogen) atoms. The van der Waals surface area contributed by atoms with Crippen molar-refractivity contribution in [2.45, 2.75) is 33.1 Å². The second kappa shape index (κ2) is 7.46. The molecule has 0 radical (unpaired) electrons. The highest BCUT2D eigenvalue weighted by Gasteiger charge is 2.23. The molecule has 1 fully saturated rings. The molecule has 2 amide bonds. The number of pyridine rings is 1. The summed E-state index contributed by atoms with van der Waals surface area (Å²) in [5.74, 6) is 1.24. The normalized spacial score (nSPS) is 15.2. The maximum atomic E-state index is 12.5. The summed E-state index contributed by atoms with van der Waals surface area (Å²) in [7, 11) is 0. The third-order valence-corrected chi connectivity index (χ3v) is 4.49. The van der Waals surface area contributed by atoms with Crippen LogP contribution in [-0.2, 0) is 4.79 Å². The summed E-state index contributed by atoms with van der Waals surface area (Å²) in [6.45, 7) is 5.59. The molecule has 2 aromatic rings. The summed E-state index contributed by atoms with van der Waals surface area (Å²) in [4.78, 5) is 34.3. The van der Waals surface area contributed by atoms with E-state index in [1.807, 2.05) is 4.90 Å². The van der Waals surface area contributed by atoms with Crippen LogP contribution in [0.1, 0.15) is 43.6 Å². The average Bonchev–Trinajstić information content (AvgIpc) is 3.12. The van der Waals surface area contributed by atoms with Gasteiger partial charge in [0, 0.05) is 25.7 Å². The largest absolute Gasteiger partial charge is 0.337 e. The fourth-order valence-electron chi connectivity index (χ4n) is 2.79. The van der Waals surface area contributed by atoms with Crippen LogP contribution < -0.4 is 5.32 Å². The molecule has 0 atom stereocenters. The third kappa shape index (κ3) is 4.04. The Bertz CT molecular complexity index is 745. The summed E-state index contributed by atoms with van der Waals surface area (Å²) < 4.78 is 1.71. The molecule has 0 saturated carbocycles. The highest BCUT2D eigenvalue weighted by Crippen LogP contribution is 2.18. The number of nitrogens with zero attached hydrogens (tertiary/aromatic N) is 4. The van der Waals surface area contributed by atoms with E-state index in [9.17, 15) is 9.59 Å². The van der Waals surface area contributed by atoms with Crippen LogP contribution in [0.15, 0.2) is 30.9 Å². The number of hydrogen-bond donors (Lipinski definition) is 1. The Morgan fingerprint density at radius 2 is 2.00 bits per heavy atom. The lowest BCUT2D eigenvalue weighted by Gasteiger charge is -2.29. The van der Waals surface area contributed by atoms with Crippen LogP contribution in [0.3, 0.4) is 0 Å². The molecule has 0 bridgehead atoms. The van der Waals surface area contributed by atoms with Crippen molar-refractivity contribution in [3.05, 3.63) is 36.5 Å². The van der Waals surface area contributed by atoms with E-state index < -0.39 is 0 Å². The van der Waals surface area contributed by atoms with Crippen LogP contribution in [0.2, 0.25) is 0 Å². The molecular formula is C18H23N5O2. The summed E-state index contributed by atoms with van der Waals surface area (Å²) >= 11 is 0. The molecule has 3 rings (SSSR count). The standard InChI is InChI=1S/C18H23N5O2/c1-3-17(24)21-14-4-5-16(19-10-14)23-11-15(20-12-23)18(25)22-8-6-13(2)7-9-22/h4-5,10-13H,3,6-9H2,1-2H3,(H,21,24). The van der Waals surface area contributed by atoms with Crippen LogP contribution in [0, 0.1) is 5.92 Å². The van der Waals surface area contributed by atoms with Crippen LogP contribution in [-0.4, -0.2) is 44.3 Å². The zero-order valence-corrected chi connectivity index (χ0v) is 14.6. The number of nitrogens with one attached hydrogen (secondary N) is 1. The van der Waals surface area contributed by atoms with Crippen molar-refractivity contribution in [3.63, 3.8) is 0 Å². The number of likely N-dealkylation sites (tertiary alicyclic amines) is 1.